The van der Waals surface area contributed by atoms with E-state index in [1.807, 2.05) is 17.5 Å². The lowest BCUT2D eigenvalue weighted by Gasteiger charge is -2.23. The van der Waals surface area contributed by atoms with Crippen molar-refractivity contribution in [2.75, 3.05) is 57.7 Å². The molecular formula is C28H46Cl5N9S. The molecule has 43 heavy (non-hydrogen) atoms. The molecule has 0 radical (unpaired) electrons. The number of benzene rings is 2. The van der Waals surface area contributed by atoms with Gasteiger partial charge in [0.15, 0.2) is 5.96 Å². The van der Waals surface area contributed by atoms with Crippen molar-refractivity contribution in [1.29, 1.82) is 0 Å². The van der Waals surface area contributed by atoms with E-state index in [4.69, 9.17) is 11.5 Å². The van der Waals surface area contributed by atoms with Gasteiger partial charge in [-0.15, -0.1) is 73.4 Å². The van der Waals surface area contributed by atoms with Crippen molar-refractivity contribution < 1.29 is 0 Å². The first-order chi connectivity index (χ1) is 18.7. The summed E-state index contributed by atoms with van der Waals surface area (Å²) in [5, 5.41) is 16.7. The van der Waals surface area contributed by atoms with Gasteiger partial charge in [-0.3, -0.25) is 4.90 Å². The fourth-order valence-electron chi connectivity index (χ4n) is 4.40. The van der Waals surface area contributed by atoms with Gasteiger partial charge < -0.3 is 32.7 Å². The van der Waals surface area contributed by atoms with Crippen LogP contribution in [0.4, 0.5) is 10.8 Å². The molecule has 1 aliphatic rings. The Morgan fingerprint density at radius 2 is 1.47 bits per heavy atom. The van der Waals surface area contributed by atoms with Crippen LogP contribution in [0.1, 0.15) is 24.0 Å². The molecule has 0 aliphatic carbocycles. The van der Waals surface area contributed by atoms with Gasteiger partial charge in [0.1, 0.15) is 0 Å². The Morgan fingerprint density at radius 3 is 2.16 bits per heavy atom. The summed E-state index contributed by atoms with van der Waals surface area (Å²) in [6, 6.07) is 17.2. The molecule has 8 N–H and O–H groups in total. The number of guanidine groups is 1. The smallest absolute Gasteiger partial charge is 0.212 e. The van der Waals surface area contributed by atoms with Gasteiger partial charge in [0.2, 0.25) is 5.13 Å². The maximum Gasteiger partial charge on any atom is 0.212 e. The second-order valence-corrected chi connectivity index (χ2v) is 10.4. The number of anilines is 1. The monoisotopic (exact) mass is 715 g/mol. The van der Waals surface area contributed by atoms with Crippen LogP contribution in [0.5, 0.6) is 0 Å². The van der Waals surface area contributed by atoms with Crippen molar-refractivity contribution in [3.05, 3.63) is 65.0 Å². The number of aliphatic imine (C=N–C) groups is 1. The van der Waals surface area contributed by atoms with Crippen LogP contribution in [-0.2, 0) is 13.1 Å². The number of thiazole rings is 1. The summed E-state index contributed by atoms with van der Waals surface area (Å²) in [4.78, 5) is 11.1. The van der Waals surface area contributed by atoms with E-state index in [1.165, 1.54) is 28.9 Å². The topological polar surface area (TPSA) is 129 Å². The number of nitrogens with zero attached hydrogens (tertiary/aromatic N) is 3. The SMILES string of the molecule is Cl.Cl.Cl.Cl.Cl.NC(N)=Nc1nc(-c2cccc(NCc3ccc(CN4CCCNCCNCCCNCC4)cc3)c2)cs1. The highest BCUT2D eigenvalue weighted by Crippen LogP contribution is 2.28. The quantitative estimate of drug-likeness (QED) is 0.152. The lowest BCUT2D eigenvalue weighted by Crippen LogP contribution is -2.36. The minimum atomic E-state index is 0. The van der Waals surface area contributed by atoms with E-state index in [9.17, 15) is 0 Å². The lowest BCUT2D eigenvalue weighted by molar-refractivity contribution is 0.260. The Morgan fingerprint density at radius 1 is 0.814 bits per heavy atom. The number of hydrogen-bond acceptors (Lipinski definition) is 8. The summed E-state index contributed by atoms with van der Waals surface area (Å²) in [7, 11) is 0. The van der Waals surface area contributed by atoms with E-state index < -0.39 is 0 Å². The molecule has 0 amide bonds. The highest BCUT2D eigenvalue weighted by Gasteiger charge is 2.08. The van der Waals surface area contributed by atoms with Crippen molar-refractivity contribution in [1.82, 2.24) is 25.8 Å². The maximum atomic E-state index is 5.46. The summed E-state index contributed by atoms with van der Waals surface area (Å²) < 4.78 is 0. The summed E-state index contributed by atoms with van der Waals surface area (Å²) in [5.41, 5.74) is 16.5. The number of aromatic nitrogens is 1. The van der Waals surface area contributed by atoms with E-state index in [1.54, 1.807) is 0 Å². The third-order valence-electron chi connectivity index (χ3n) is 6.42. The molecule has 1 aliphatic heterocycles. The molecule has 1 fully saturated rings. The van der Waals surface area contributed by atoms with Crippen molar-refractivity contribution >= 4 is 90.2 Å². The molecule has 2 heterocycles. The van der Waals surface area contributed by atoms with Crippen LogP contribution in [0.2, 0.25) is 0 Å². The third-order valence-corrected chi connectivity index (χ3v) is 7.15. The molecule has 0 unspecified atom stereocenters. The van der Waals surface area contributed by atoms with Crippen LogP contribution >= 0.6 is 73.4 Å². The molecular weight excluding hydrogens is 672 g/mol. The Labute approximate surface area is 290 Å². The largest absolute Gasteiger partial charge is 0.381 e. The first-order valence-electron chi connectivity index (χ1n) is 13.5. The predicted molar refractivity (Wildman–Crippen MR) is 196 cm³/mol. The number of nitrogens with two attached hydrogens (primary N) is 2. The zero-order valence-corrected chi connectivity index (χ0v) is 29.0. The minimum Gasteiger partial charge on any atom is -0.381 e. The number of rotatable bonds is 7. The summed E-state index contributed by atoms with van der Waals surface area (Å²) >= 11 is 1.42. The minimum absolute atomic E-state index is 0. The molecule has 0 bridgehead atoms. The van der Waals surface area contributed by atoms with E-state index in [2.05, 4.69) is 72.5 Å². The maximum absolute atomic E-state index is 5.46. The average molecular weight is 718 g/mol. The standard InChI is InChI=1S/C28H41N9S.5ClH/c29-27(30)36-28-35-26(21-38-28)24-4-1-5-25(18-24)34-19-22-6-8-23(9-7-22)20-37-16-3-12-32-14-13-31-10-2-11-33-15-17-37;;;;;/h1,4-9,18,21,31-34H,2-3,10-17,19-20H2,(H4,29,30,35,36);5*1H. The summed E-state index contributed by atoms with van der Waals surface area (Å²) in [5.74, 6) is 0.0174. The molecule has 1 aromatic heterocycles. The molecule has 4 rings (SSSR count). The lowest BCUT2D eigenvalue weighted by atomic mass is 10.1. The molecule has 15 heteroatoms. The molecule has 244 valence electrons. The second-order valence-electron chi connectivity index (χ2n) is 9.54. The number of hydrogen-bond donors (Lipinski definition) is 6. The van der Waals surface area contributed by atoms with Crippen LogP contribution in [0.25, 0.3) is 11.3 Å². The van der Waals surface area contributed by atoms with Crippen LogP contribution in [0, 0.1) is 0 Å². The molecule has 0 saturated carbocycles. The van der Waals surface area contributed by atoms with Crippen molar-refractivity contribution in [3.8, 4) is 11.3 Å². The Kier molecular flexibility index (Phi) is 25.0. The molecule has 9 nitrogen and oxygen atoms in total. The highest BCUT2D eigenvalue weighted by molar-refractivity contribution is 7.13. The Balaban J connectivity index is 0. The molecule has 1 saturated heterocycles. The zero-order valence-electron chi connectivity index (χ0n) is 24.1. The fourth-order valence-corrected chi connectivity index (χ4v) is 5.11. The van der Waals surface area contributed by atoms with E-state index in [0.29, 0.717) is 5.13 Å². The average Bonchev–Trinajstić information content (AvgIpc) is 3.38. The third kappa shape index (κ3) is 16.4. The van der Waals surface area contributed by atoms with Gasteiger partial charge in [0.05, 0.1) is 5.69 Å². The second kappa shape index (κ2) is 24.7. The van der Waals surface area contributed by atoms with Gasteiger partial charge >= 0.3 is 0 Å². The Bertz CT molecular complexity index is 1130. The Hall–Kier alpha value is -1.57. The first kappa shape index (κ1) is 43.6. The van der Waals surface area contributed by atoms with Crippen molar-refractivity contribution in [2.24, 2.45) is 16.5 Å². The normalized spacial score (nSPS) is 14.5. The molecule has 2 aromatic carbocycles. The van der Waals surface area contributed by atoms with Gasteiger partial charge in [-0.2, -0.15) is 4.99 Å². The van der Waals surface area contributed by atoms with Gasteiger partial charge in [0, 0.05) is 55.9 Å². The zero-order chi connectivity index (χ0) is 26.4. The van der Waals surface area contributed by atoms with E-state index in [-0.39, 0.29) is 68.0 Å². The fraction of sp³-hybridized carbons (Fsp3) is 0.429. The summed E-state index contributed by atoms with van der Waals surface area (Å²) in [6.45, 7) is 10.3. The van der Waals surface area contributed by atoms with Crippen LogP contribution < -0.4 is 32.7 Å². The van der Waals surface area contributed by atoms with Gasteiger partial charge in [-0.25, -0.2) is 4.98 Å². The van der Waals surface area contributed by atoms with E-state index in [0.717, 1.165) is 88.8 Å². The van der Waals surface area contributed by atoms with Gasteiger partial charge in [0.25, 0.3) is 0 Å². The van der Waals surface area contributed by atoms with Crippen LogP contribution in [0.3, 0.4) is 0 Å². The summed E-state index contributed by atoms with van der Waals surface area (Å²) in [6.07, 6.45) is 2.34. The first-order valence-corrected chi connectivity index (χ1v) is 14.4. The highest BCUT2D eigenvalue weighted by atomic mass is 35.5. The molecule has 0 spiro atoms. The van der Waals surface area contributed by atoms with Crippen molar-refractivity contribution in [3.63, 3.8) is 0 Å². The van der Waals surface area contributed by atoms with E-state index >= 15 is 0 Å². The number of halogens is 5. The molecule has 0 atom stereocenters. The van der Waals surface area contributed by atoms with Crippen molar-refractivity contribution in [2.45, 2.75) is 25.9 Å². The van der Waals surface area contributed by atoms with Crippen LogP contribution in [-0.4, -0.2) is 68.2 Å². The molecule has 3 aromatic rings. The van der Waals surface area contributed by atoms with Gasteiger partial charge in [-0.1, -0.05) is 36.4 Å². The predicted octanol–water partition coefficient (Wildman–Crippen LogP) is 4.80. The number of nitrogens with one attached hydrogen (secondary N) is 4. The van der Waals surface area contributed by atoms with Gasteiger partial charge in [-0.05, 0) is 62.3 Å². The van der Waals surface area contributed by atoms with Crippen LogP contribution in [0.15, 0.2) is 58.9 Å².